The Bertz CT molecular complexity index is 1010. The van der Waals surface area contributed by atoms with Gasteiger partial charge in [0.05, 0.1) is 0 Å². The number of ether oxygens (including phenoxy) is 2. The van der Waals surface area contributed by atoms with E-state index in [-0.39, 0.29) is 12.0 Å². The van der Waals surface area contributed by atoms with Crippen LogP contribution in [0, 0.1) is 36.0 Å². The van der Waals surface area contributed by atoms with Gasteiger partial charge in [0.2, 0.25) is 34.8 Å². The molecule has 4 nitrogen and oxygen atoms in total. The first kappa shape index (κ1) is 44.2. The molecule has 0 aliphatic heterocycles. The van der Waals surface area contributed by atoms with Crippen molar-refractivity contribution < 1.29 is 41.0 Å². The molecule has 0 aromatic heterocycles. The third-order valence-electron chi connectivity index (χ3n) is 6.21. The highest BCUT2D eigenvalue weighted by Gasteiger charge is 2.28. The molecule has 2 aromatic rings. The second kappa shape index (κ2) is 27.3. The van der Waals surface area contributed by atoms with Crippen molar-refractivity contribution in [3.8, 4) is 5.75 Å². The zero-order valence-corrected chi connectivity index (χ0v) is 28.4. The van der Waals surface area contributed by atoms with E-state index in [1.54, 1.807) is 0 Å². The van der Waals surface area contributed by atoms with Gasteiger partial charge in [-0.15, -0.1) is 0 Å². The fourth-order valence-electron chi connectivity index (χ4n) is 3.81. The molecule has 45 heavy (non-hydrogen) atoms. The lowest BCUT2D eigenvalue weighted by molar-refractivity contribution is -0.138. The summed E-state index contributed by atoms with van der Waals surface area (Å²) < 4.78 is 74.9. The summed E-state index contributed by atoms with van der Waals surface area (Å²) in [5, 5.41) is 0. The molecule has 0 aliphatic carbocycles. The summed E-state index contributed by atoms with van der Waals surface area (Å²) in [6, 6.07) is 10.3. The van der Waals surface area contributed by atoms with Gasteiger partial charge in [0.15, 0.2) is 0 Å². The lowest BCUT2D eigenvalue weighted by Crippen LogP contribution is -2.17. The molecule has 2 aromatic carbocycles. The molecule has 0 heterocycles. The Morgan fingerprint density at radius 2 is 1.04 bits per heavy atom. The minimum Gasteiger partial charge on any atom is -0.462 e. The summed E-state index contributed by atoms with van der Waals surface area (Å²) in [6.45, 7) is 14.2. The van der Waals surface area contributed by atoms with Gasteiger partial charge in [-0.3, -0.25) is 9.59 Å². The molecular formula is C36H55F5O4. The highest BCUT2D eigenvalue weighted by molar-refractivity contribution is 5.72. The third kappa shape index (κ3) is 23.1. The van der Waals surface area contributed by atoms with Crippen LogP contribution in [-0.4, -0.2) is 18.0 Å². The van der Waals surface area contributed by atoms with Crippen LogP contribution in [-0.2, 0) is 14.3 Å². The van der Waals surface area contributed by atoms with E-state index in [4.69, 9.17) is 0 Å². The fraction of sp³-hybridized carbons (Fsp3) is 0.611. The molecule has 0 atom stereocenters. The Morgan fingerprint density at radius 3 is 1.36 bits per heavy atom. The van der Waals surface area contributed by atoms with E-state index in [9.17, 15) is 31.5 Å². The van der Waals surface area contributed by atoms with Crippen LogP contribution in [0.5, 0.6) is 5.75 Å². The van der Waals surface area contributed by atoms with Crippen LogP contribution in [0.3, 0.4) is 0 Å². The zero-order valence-electron chi connectivity index (χ0n) is 28.4. The summed E-state index contributed by atoms with van der Waals surface area (Å²) in [4.78, 5) is 21.2. The van der Waals surface area contributed by atoms with Gasteiger partial charge in [-0.2, -0.15) is 8.78 Å². The molecule has 0 radical (unpaired) electrons. The summed E-state index contributed by atoms with van der Waals surface area (Å²) >= 11 is 0. The van der Waals surface area contributed by atoms with Crippen LogP contribution >= 0.6 is 0 Å². The highest BCUT2D eigenvalue weighted by atomic mass is 19.2. The molecule has 0 aliphatic rings. The van der Waals surface area contributed by atoms with E-state index in [1.807, 2.05) is 52.8 Å². The molecular weight excluding hydrogens is 591 g/mol. The van der Waals surface area contributed by atoms with Gasteiger partial charge >= 0.3 is 5.97 Å². The van der Waals surface area contributed by atoms with Crippen molar-refractivity contribution in [2.45, 2.75) is 144 Å². The number of aryl methyl sites for hydroxylation is 1. The number of hydrogen-bond donors (Lipinski definition) is 0. The number of halogens is 5. The molecule has 258 valence electrons. The monoisotopic (exact) mass is 646 g/mol. The maximum absolute atomic E-state index is 13.5. The van der Waals surface area contributed by atoms with Crippen LogP contribution in [0.2, 0.25) is 0 Å². The zero-order chi connectivity index (χ0) is 34.7. The van der Waals surface area contributed by atoms with Crippen LogP contribution in [0.15, 0.2) is 30.3 Å². The van der Waals surface area contributed by atoms with Crippen LogP contribution < -0.4 is 4.74 Å². The van der Waals surface area contributed by atoms with Crippen LogP contribution in [0.4, 0.5) is 22.0 Å². The molecule has 0 spiro atoms. The standard InChI is InChI=1S/C22H31F5O2.C7H8.C5H10O2.C2H6/c1-2-3-4-5-6-7-8-9-10-11-12-13-14-15-16(28)29-22-20(26)18(24)17(23)19(25)21(22)27;1-7-5-3-2-4-6-7;1-5(2,3)7-4-6;1-2/h2-15H2,1H3;2-6H,1H3;4H,1-3H3;1-2H3. The second-order valence-electron chi connectivity index (χ2n) is 11.3. The number of hydrogen-bond acceptors (Lipinski definition) is 4. The quantitative estimate of drug-likeness (QED) is 0.0346. The maximum Gasteiger partial charge on any atom is 0.311 e. The Labute approximate surface area is 268 Å². The van der Waals surface area contributed by atoms with Crippen molar-refractivity contribution in [1.29, 1.82) is 0 Å². The largest absolute Gasteiger partial charge is 0.462 e. The lowest BCUT2D eigenvalue weighted by Gasteiger charge is -2.14. The summed E-state index contributed by atoms with van der Waals surface area (Å²) in [5.74, 6) is -13.4. The van der Waals surface area contributed by atoms with Crippen molar-refractivity contribution >= 4 is 12.4 Å². The predicted octanol–water partition coefficient (Wildman–Crippen LogP) is 11.7. The average Bonchev–Trinajstić information content (AvgIpc) is 3.01. The Kier molecular flexibility index (Phi) is 26.8. The molecule has 0 saturated carbocycles. The average molecular weight is 647 g/mol. The van der Waals surface area contributed by atoms with Gasteiger partial charge in [0.25, 0.3) is 6.47 Å². The number of rotatable bonds is 16. The molecule has 2 rings (SSSR count). The lowest BCUT2D eigenvalue weighted by atomic mass is 10.0. The Balaban J connectivity index is 0. The summed E-state index contributed by atoms with van der Waals surface area (Å²) in [6.07, 6.45) is 14.3. The molecule has 0 unspecified atom stereocenters. The topological polar surface area (TPSA) is 52.6 Å². The molecule has 0 bridgehead atoms. The van der Waals surface area contributed by atoms with Crippen LogP contribution in [0.1, 0.15) is 137 Å². The van der Waals surface area contributed by atoms with E-state index in [1.165, 1.54) is 56.9 Å². The molecule has 0 amide bonds. The first-order chi connectivity index (χ1) is 21.4. The van der Waals surface area contributed by atoms with E-state index >= 15 is 0 Å². The van der Waals surface area contributed by atoms with Gasteiger partial charge in [-0.05, 0) is 34.1 Å². The van der Waals surface area contributed by atoms with E-state index in [2.05, 4.69) is 35.5 Å². The van der Waals surface area contributed by atoms with E-state index < -0.39 is 40.8 Å². The normalized spacial score (nSPS) is 10.3. The number of benzene rings is 2. The Morgan fingerprint density at radius 1 is 0.667 bits per heavy atom. The number of carbonyl (C=O) groups is 2. The van der Waals surface area contributed by atoms with Crippen molar-refractivity contribution in [2.24, 2.45) is 0 Å². The number of carbonyl (C=O) groups excluding carboxylic acids is 2. The summed E-state index contributed by atoms with van der Waals surface area (Å²) in [7, 11) is 0. The Hall–Kier alpha value is -2.97. The molecule has 0 saturated heterocycles. The van der Waals surface area contributed by atoms with Gasteiger partial charge in [-0.1, -0.05) is 134 Å². The van der Waals surface area contributed by atoms with Gasteiger partial charge in [0, 0.05) is 6.42 Å². The van der Waals surface area contributed by atoms with Gasteiger partial charge in [-0.25, -0.2) is 13.2 Å². The van der Waals surface area contributed by atoms with Crippen molar-refractivity contribution in [3.63, 3.8) is 0 Å². The van der Waals surface area contributed by atoms with E-state index in [0.29, 0.717) is 12.9 Å². The third-order valence-corrected chi connectivity index (χ3v) is 6.21. The SMILES string of the molecule is CC.CC(C)(C)OC=O.CCCCCCCCCCCCCCCC(=O)Oc1c(F)c(F)c(F)c(F)c1F.Cc1ccccc1. The second-order valence-corrected chi connectivity index (χ2v) is 11.3. The minimum absolute atomic E-state index is 0.142. The van der Waals surface area contributed by atoms with Gasteiger partial charge in [0.1, 0.15) is 5.60 Å². The maximum atomic E-state index is 13.5. The van der Waals surface area contributed by atoms with E-state index in [0.717, 1.165) is 25.7 Å². The number of esters is 1. The summed E-state index contributed by atoms with van der Waals surface area (Å²) in [5.41, 5.74) is 1.00. The predicted molar refractivity (Wildman–Crippen MR) is 172 cm³/mol. The highest BCUT2D eigenvalue weighted by Crippen LogP contribution is 2.29. The van der Waals surface area contributed by atoms with Crippen molar-refractivity contribution in [1.82, 2.24) is 0 Å². The van der Waals surface area contributed by atoms with Gasteiger partial charge < -0.3 is 9.47 Å². The van der Waals surface area contributed by atoms with Crippen molar-refractivity contribution in [3.05, 3.63) is 65.0 Å². The molecule has 0 N–H and O–H groups in total. The number of unbranched alkanes of at least 4 members (excludes halogenated alkanes) is 12. The van der Waals surface area contributed by atoms with Crippen LogP contribution in [0.25, 0.3) is 0 Å². The smallest absolute Gasteiger partial charge is 0.311 e. The molecule has 0 fully saturated rings. The molecule has 9 heteroatoms. The first-order valence-corrected chi connectivity index (χ1v) is 16.2. The fourth-order valence-corrected chi connectivity index (χ4v) is 3.81. The van der Waals surface area contributed by atoms with Crippen molar-refractivity contribution in [2.75, 3.05) is 0 Å². The minimum atomic E-state index is -2.28. The first-order valence-electron chi connectivity index (χ1n) is 16.2.